The lowest BCUT2D eigenvalue weighted by Gasteiger charge is -2.13. The Morgan fingerprint density at radius 2 is 1.10 bits per heavy atom. The first-order chi connectivity index (χ1) is 14.8. The summed E-state index contributed by atoms with van der Waals surface area (Å²) in [5, 5.41) is 0. The van der Waals surface area contributed by atoms with Gasteiger partial charge in [-0.1, -0.05) is 52.0 Å². The summed E-state index contributed by atoms with van der Waals surface area (Å²) in [7, 11) is 0. The molecule has 2 rings (SSSR count). The van der Waals surface area contributed by atoms with Gasteiger partial charge >= 0.3 is 18.2 Å². The zero-order chi connectivity index (χ0) is 22.8. The quantitative estimate of drug-likeness (QED) is 0.362. The highest BCUT2D eigenvalue weighted by molar-refractivity contribution is 5.89. The Morgan fingerprint density at radius 3 is 1.42 bits per heavy atom. The summed E-state index contributed by atoms with van der Waals surface area (Å²) in [6.07, 6.45) is -0.358. The van der Waals surface area contributed by atoms with Crippen molar-refractivity contribution in [3.63, 3.8) is 0 Å². The van der Waals surface area contributed by atoms with Gasteiger partial charge in [0.1, 0.15) is 6.61 Å². The van der Waals surface area contributed by atoms with Crippen molar-refractivity contribution in [2.45, 2.75) is 39.5 Å². The lowest BCUT2D eigenvalue weighted by molar-refractivity contribution is -0.368. The second-order valence-corrected chi connectivity index (χ2v) is 7.39. The van der Waals surface area contributed by atoms with Crippen LogP contribution >= 0.6 is 0 Å². The Kier molecular flexibility index (Phi) is 9.65. The lowest BCUT2D eigenvalue weighted by atomic mass is 10.0. The van der Waals surface area contributed by atoms with E-state index in [9.17, 15) is 9.59 Å². The average Bonchev–Trinajstić information content (AvgIpc) is 2.78. The summed E-state index contributed by atoms with van der Waals surface area (Å²) in [6, 6.07) is 13.9. The topological polar surface area (TPSA) is 80.3 Å². The van der Waals surface area contributed by atoms with Crippen LogP contribution in [0.15, 0.2) is 48.5 Å². The molecule has 7 nitrogen and oxygen atoms in total. The van der Waals surface area contributed by atoms with Gasteiger partial charge in [0, 0.05) is 6.61 Å². The van der Waals surface area contributed by atoms with Crippen LogP contribution in [0, 0.1) is 13.2 Å². The van der Waals surface area contributed by atoms with Crippen LogP contribution in [0.1, 0.15) is 71.4 Å². The van der Waals surface area contributed by atoms with Crippen molar-refractivity contribution in [2.75, 3.05) is 13.2 Å². The maximum Gasteiger partial charge on any atom is 0.373 e. The summed E-state index contributed by atoms with van der Waals surface area (Å²) in [5.41, 5.74) is 2.77. The third-order valence-electron chi connectivity index (χ3n) is 4.41. The second kappa shape index (κ2) is 12.2. The van der Waals surface area contributed by atoms with Gasteiger partial charge in [-0.3, -0.25) is 9.78 Å². The van der Waals surface area contributed by atoms with Gasteiger partial charge in [0.15, 0.2) is 0 Å². The molecule has 0 aromatic heterocycles. The van der Waals surface area contributed by atoms with E-state index < -0.39 is 11.9 Å². The van der Waals surface area contributed by atoms with Crippen molar-refractivity contribution in [2.24, 2.45) is 0 Å². The first-order valence-corrected chi connectivity index (χ1v) is 10.0. The molecule has 2 aromatic rings. The minimum Gasteiger partial charge on any atom is -0.375 e. The fraction of sp³-hybridized carbons (Fsp3) is 0.333. The maximum atomic E-state index is 12.2. The minimum absolute atomic E-state index is 0.103. The number of carbonyl (C=O) groups is 2. The number of hydrogen-bond acceptors (Lipinski definition) is 7. The van der Waals surface area contributed by atoms with E-state index in [-0.39, 0.29) is 19.5 Å². The van der Waals surface area contributed by atoms with Gasteiger partial charge in [-0.15, -0.1) is 9.78 Å². The van der Waals surface area contributed by atoms with Crippen molar-refractivity contribution in [1.29, 1.82) is 0 Å². The van der Waals surface area contributed by atoms with Crippen LogP contribution in [-0.4, -0.2) is 25.2 Å². The van der Waals surface area contributed by atoms with Crippen LogP contribution in [0.3, 0.4) is 0 Å². The van der Waals surface area contributed by atoms with Crippen LogP contribution in [-0.2, 0) is 24.3 Å². The number of benzene rings is 2. The zero-order valence-electron chi connectivity index (χ0n) is 18.3. The van der Waals surface area contributed by atoms with E-state index in [1.165, 1.54) is 0 Å². The van der Waals surface area contributed by atoms with E-state index in [4.69, 9.17) is 24.3 Å². The third kappa shape index (κ3) is 7.79. The van der Waals surface area contributed by atoms with Crippen LogP contribution in [0.5, 0.6) is 0 Å². The fourth-order valence-corrected chi connectivity index (χ4v) is 2.49. The molecule has 0 heterocycles. The van der Waals surface area contributed by atoms with Crippen LogP contribution < -0.4 is 0 Å². The van der Waals surface area contributed by atoms with Crippen LogP contribution in [0.2, 0.25) is 0 Å². The summed E-state index contributed by atoms with van der Waals surface area (Å²) < 4.78 is 5.08. The molecule has 166 valence electrons. The van der Waals surface area contributed by atoms with Crippen molar-refractivity contribution >= 4 is 11.9 Å². The molecule has 0 fully saturated rings. The highest BCUT2D eigenvalue weighted by atomic mass is 17.3. The van der Waals surface area contributed by atoms with E-state index in [1.54, 1.807) is 24.3 Å². The smallest absolute Gasteiger partial charge is 0.373 e. The Labute approximate surface area is 183 Å². The second-order valence-electron chi connectivity index (χ2n) is 7.39. The molecule has 0 bridgehead atoms. The molecule has 2 aromatic carbocycles. The van der Waals surface area contributed by atoms with Crippen LogP contribution in [0.4, 0.5) is 0 Å². The predicted molar refractivity (Wildman–Crippen MR) is 113 cm³/mol. The molecule has 0 N–H and O–H groups in total. The Bertz CT molecular complexity index is 759. The maximum absolute atomic E-state index is 12.2. The monoisotopic (exact) mass is 428 g/mol. The number of hydrogen-bond donors (Lipinski definition) is 0. The third-order valence-corrected chi connectivity index (χ3v) is 4.41. The highest BCUT2D eigenvalue weighted by Crippen LogP contribution is 2.18. The number of rotatable bonds is 11. The van der Waals surface area contributed by atoms with Gasteiger partial charge < -0.3 is 4.74 Å². The first kappa shape index (κ1) is 24.5. The standard InChI is InChI=1S/C24H28O7/c1-6-27-15-22(28-30-23(25)20-11-7-18(8-12-20)16(2)3)29-31-24(26)21-13-9-19(10-14-21)17(4)5/h7-14,16-17H,1,6,15H2,2-5H3. The molecule has 0 saturated carbocycles. The molecule has 0 aliphatic carbocycles. The van der Waals surface area contributed by atoms with E-state index in [0.717, 1.165) is 11.1 Å². The molecule has 7 heteroatoms. The molecule has 0 aliphatic heterocycles. The van der Waals surface area contributed by atoms with E-state index in [2.05, 4.69) is 34.6 Å². The van der Waals surface area contributed by atoms with Gasteiger partial charge in [-0.25, -0.2) is 9.59 Å². The minimum atomic E-state index is -0.735. The number of carbonyl (C=O) groups excluding carboxylic acids is 2. The average molecular weight is 428 g/mol. The Morgan fingerprint density at radius 1 is 0.710 bits per heavy atom. The summed E-state index contributed by atoms with van der Waals surface area (Å²) in [5.74, 6) is -0.792. The van der Waals surface area contributed by atoms with Gasteiger partial charge in [0.25, 0.3) is 0 Å². The van der Waals surface area contributed by atoms with Crippen LogP contribution in [0.25, 0.3) is 0 Å². The summed E-state index contributed by atoms with van der Waals surface area (Å²) in [6.45, 7) is 11.6. The molecule has 0 aliphatic rings. The SMILES string of the molecule is [CH2]COC[C](OOC(=O)c1ccc(C(C)C)cc1)OOC(=O)c1ccc(C(C)C)cc1. The summed E-state index contributed by atoms with van der Waals surface area (Å²) in [4.78, 5) is 43.7. The van der Waals surface area contributed by atoms with Gasteiger partial charge in [-0.2, -0.15) is 0 Å². The molecule has 0 atom stereocenters. The fourth-order valence-electron chi connectivity index (χ4n) is 2.49. The number of ether oxygens (including phenoxy) is 1. The Hall–Kier alpha value is -2.74. The van der Waals surface area contributed by atoms with Crippen molar-refractivity contribution < 1.29 is 33.9 Å². The van der Waals surface area contributed by atoms with Crippen molar-refractivity contribution in [3.8, 4) is 0 Å². The first-order valence-electron chi connectivity index (χ1n) is 10.0. The zero-order valence-corrected chi connectivity index (χ0v) is 18.3. The molecule has 0 amide bonds. The van der Waals surface area contributed by atoms with Gasteiger partial charge in [-0.05, 0) is 54.2 Å². The van der Waals surface area contributed by atoms with Crippen molar-refractivity contribution in [3.05, 3.63) is 84.0 Å². The molecule has 0 unspecified atom stereocenters. The van der Waals surface area contributed by atoms with E-state index in [0.29, 0.717) is 23.0 Å². The molecular formula is C24H28O7. The molecule has 0 saturated heterocycles. The molecule has 0 spiro atoms. The van der Waals surface area contributed by atoms with E-state index >= 15 is 0 Å². The molecule has 31 heavy (non-hydrogen) atoms. The highest BCUT2D eigenvalue weighted by Gasteiger charge is 2.22. The lowest BCUT2D eigenvalue weighted by Crippen LogP contribution is -2.20. The van der Waals surface area contributed by atoms with E-state index in [1.807, 2.05) is 24.3 Å². The largest absolute Gasteiger partial charge is 0.375 e. The molecule has 2 radical (unpaired) electrons. The van der Waals surface area contributed by atoms with Gasteiger partial charge in [0.05, 0.1) is 11.1 Å². The molecular weight excluding hydrogens is 400 g/mol. The Balaban J connectivity index is 1.90. The summed E-state index contributed by atoms with van der Waals surface area (Å²) >= 11 is 0. The normalized spacial score (nSPS) is 11.2. The van der Waals surface area contributed by atoms with Gasteiger partial charge in [0.2, 0.25) is 0 Å². The predicted octanol–water partition coefficient (Wildman–Crippen LogP) is 5.15. The van der Waals surface area contributed by atoms with Crippen molar-refractivity contribution in [1.82, 2.24) is 0 Å².